The molecule has 3 amide bonds. The highest BCUT2D eigenvalue weighted by atomic mass is 16.5. The van der Waals surface area contributed by atoms with Crippen LogP contribution in [0.4, 0.5) is 5.69 Å². The molecule has 6 nitrogen and oxygen atoms in total. The van der Waals surface area contributed by atoms with E-state index in [9.17, 15) is 14.4 Å². The summed E-state index contributed by atoms with van der Waals surface area (Å²) in [4.78, 5) is 35.6. The molecule has 1 heterocycles. The van der Waals surface area contributed by atoms with E-state index in [0.29, 0.717) is 22.7 Å². The largest absolute Gasteiger partial charge is 0.457 e. The second kappa shape index (κ2) is 7.36. The molecule has 6 heteroatoms. The van der Waals surface area contributed by atoms with Crippen LogP contribution in [0.3, 0.4) is 0 Å². The van der Waals surface area contributed by atoms with Crippen molar-refractivity contribution in [3.63, 3.8) is 0 Å². The number of fused-ring (bicyclic) bond motifs is 1. The molecular formula is C22H16N2O4. The maximum absolute atomic E-state index is 12.2. The quantitative estimate of drug-likeness (QED) is 0.671. The van der Waals surface area contributed by atoms with Gasteiger partial charge in [-0.25, -0.2) is 0 Å². The van der Waals surface area contributed by atoms with Crippen LogP contribution in [0, 0.1) is 0 Å². The van der Waals surface area contributed by atoms with Gasteiger partial charge in [0, 0.05) is 11.8 Å². The van der Waals surface area contributed by atoms with Gasteiger partial charge >= 0.3 is 0 Å². The molecule has 0 spiro atoms. The Hall–Kier alpha value is -3.93. The highest BCUT2D eigenvalue weighted by Gasteiger charge is 2.26. The van der Waals surface area contributed by atoms with Crippen LogP contribution in [0.5, 0.6) is 11.5 Å². The first-order valence-corrected chi connectivity index (χ1v) is 8.70. The predicted molar refractivity (Wildman–Crippen MR) is 104 cm³/mol. The Labute approximate surface area is 161 Å². The molecule has 0 aromatic heterocycles. The standard InChI is InChI=1S/C22H16N2O4/c25-20(11-14-5-2-1-3-6-14)23-15-7-4-8-16(12-15)28-17-9-10-18-19(13-17)22(27)24-21(18)26/h1-10,12-13H,11H2,(H,23,25)(H,24,26,27). The number of nitrogens with one attached hydrogen (secondary N) is 2. The molecule has 0 atom stereocenters. The van der Waals surface area contributed by atoms with Crippen molar-refractivity contribution in [1.29, 1.82) is 0 Å². The fourth-order valence-electron chi connectivity index (χ4n) is 2.97. The molecule has 0 bridgehead atoms. The van der Waals surface area contributed by atoms with Crippen LogP contribution in [0.25, 0.3) is 0 Å². The van der Waals surface area contributed by atoms with Crippen LogP contribution in [-0.2, 0) is 11.2 Å². The van der Waals surface area contributed by atoms with Gasteiger partial charge in [-0.05, 0) is 35.9 Å². The van der Waals surface area contributed by atoms with E-state index in [-0.39, 0.29) is 17.9 Å². The van der Waals surface area contributed by atoms with Gasteiger partial charge in [0.1, 0.15) is 11.5 Å². The van der Waals surface area contributed by atoms with E-state index in [1.165, 1.54) is 6.07 Å². The molecule has 1 aliphatic rings. The lowest BCUT2D eigenvalue weighted by molar-refractivity contribution is -0.115. The van der Waals surface area contributed by atoms with Gasteiger partial charge in [-0.2, -0.15) is 0 Å². The molecule has 0 aliphatic carbocycles. The highest BCUT2D eigenvalue weighted by molar-refractivity contribution is 6.21. The van der Waals surface area contributed by atoms with E-state index in [1.807, 2.05) is 30.3 Å². The normalized spacial score (nSPS) is 12.3. The fraction of sp³-hybridized carbons (Fsp3) is 0.0455. The number of amides is 3. The second-order valence-electron chi connectivity index (χ2n) is 6.33. The zero-order valence-corrected chi connectivity index (χ0v) is 14.8. The number of hydrogen-bond acceptors (Lipinski definition) is 4. The summed E-state index contributed by atoms with van der Waals surface area (Å²) in [5.74, 6) is -0.0447. The minimum absolute atomic E-state index is 0.129. The molecule has 3 aromatic carbocycles. The van der Waals surface area contributed by atoms with Gasteiger partial charge in [0.05, 0.1) is 17.5 Å². The molecule has 1 aliphatic heterocycles. The lowest BCUT2D eigenvalue weighted by Crippen LogP contribution is -2.19. The lowest BCUT2D eigenvalue weighted by atomic mass is 10.1. The number of ether oxygens (including phenoxy) is 1. The SMILES string of the molecule is O=C(Cc1ccccc1)Nc1cccc(Oc2ccc3c(c2)C(=O)NC3=O)c1. The number of carbonyl (C=O) groups excluding carboxylic acids is 3. The summed E-state index contributed by atoms with van der Waals surface area (Å²) in [6.45, 7) is 0. The summed E-state index contributed by atoms with van der Waals surface area (Å²) in [5, 5.41) is 5.09. The number of benzene rings is 3. The smallest absolute Gasteiger partial charge is 0.259 e. The minimum atomic E-state index is -0.438. The maximum atomic E-state index is 12.2. The Morgan fingerprint density at radius 2 is 1.57 bits per heavy atom. The Balaban J connectivity index is 1.46. The van der Waals surface area contributed by atoms with Crippen molar-refractivity contribution in [2.75, 3.05) is 5.32 Å². The van der Waals surface area contributed by atoms with Crippen molar-refractivity contribution in [3.8, 4) is 11.5 Å². The lowest BCUT2D eigenvalue weighted by Gasteiger charge is -2.10. The summed E-state index contributed by atoms with van der Waals surface area (Å²) in [6.07, 6.45) is 0.278. The molecule has 4 rings (SSSR count). The van der Waals surface area contributed by atoms with E-state index < -0.39 is 11.8 Å². The maximum Gasteiger partial charge on any atom is 0.259 e. The molecule has 0 saturated carbocycles. The van der Waals surface area contributed by atoms with Gasteiger partial charge in [-0.3, -0.25) is 19.7 Å². The number of imide groups is 1. The molecule has 3 aromatic rings. The van der Waals surface area contributed by atoms with E-state index in [2.05, 4.69) is 10.6 Å². The van der Waals surface area contributed by atoms with Crippen LogP contribution in [0.1, 0.15) is 26.3 Å². The van der Waals surface area contributed by atoms with E-state index in [1.54, 1.807) is 36.4 Å². The van der Waals surface area contributed by atoms with Gasteiger partial charge in [0.15, 0.2) is 0 Å². The van der Waals surface area contributed by atoms with Gasteiger partial charge in [-0.1, -0.05) is 36.4 Å². The monoisotopic (exact) mass is 372 g/mol. The zero-order chi connectivity index (χ0) is 19.5. The third kappa shape index (κ3) is 3.76. The van der Waals surface area contributed by atoms with Gasteiger partial charge in [0.2, 0.25) is 5.91 Å². The fourth-order valence-corrected chi connectivity index (χ4v) is 2.97. The molecule has 0 unspecified atom stereocenters. The van der Waals surface area contributed by atoms with Crippen LogP contribution in [-0.4, -0.2) is 17.7 Å². The number of rotatable bonds is 5. The van der Waals surface area contributed by atoms with Crippen molar-refractivity contribution in [3.05, 3.63) is 89.5 Å². The average Bonchev–Trinajstić information content (AvgIpc) is 2.96. The number of anilines is 1. The van der Waals surface area contributed by atoms with Crippen LogP contribution in [0.15, 0.2) is 72.8 Å². The minimum Gasteiger partial charge on any atom is -0.457 e. The zero-order valence-electron chi connectivity index (χ0n) is 14.8. The van der Waals surface area contributed by atoms with Crippen molar-refractivity contribution >= 4 is 23.4 Å². The third-order valence-corrected chi connectivity index (χ3v) is 4.27. The second-order valence-corrected chi connectivity index (χ2v) is 6.33. The third-order valence-electron chi connectivity index (χ3n) is 4.27. The summed E-state index contributed by atoms with van der Waals surface area (Å²) in [5.41, 5.74) is 2.15. The van der Waals surface area contributed by atoms with E-state index in [4.69, 9.17) is 4.74 Å². The molecule has 0 saturated heterocycles. The Bertz CT molecular complexity index is 1080. The predicted octanol–water partition coefficient (Wildman–Crippen LogP) is 3.54. The van der Waals surface area contributed by atoms with E-state index >= 15 is 0 Å². The Kier molecular flexibility index (Phi) is 4.60. The van der Waals surface area contributed by atoms with Gasteiger partial charge < -0.3 is 10.1 Å². The van der Waals surface area contributed by atoms with Crippen LogP contribution >= 0.6 is 0 Å². The van der Waals surface area contributed by atoms with E-state index in [0.717, 1.165) is 5.56 Å². The summed E-state index contributed by atoms with van der Waals surface area (Å²) in [7, 11) is 0. The van der Waals surface area contributed by atoms with Crippen molar-refractivity contribution in [2.24, 2.45) is 0 Å². The molecule has 138 valence electrons. The Morgan fingerprint density at radius 1 is 0.821 bits per heavy atom. The molecule has 0 radical (unpaired) electrons. The molecular weight excluding hydrogens is 356 g/mol. The summed E-state index contributed by atoms with van der Waals surface area (Å²) in [6, 6.07) is 21.1. The first kappa shape index (κ1) is 17.5. The highest BCUT2D eigenvalue weighted by Crippen LogP contribution is 2.27. The van der Waals surface area contributed by atoms with Gasteiger partial charge in [0.25, 0.3) is 11.8 Å². The number of carbonyl (C=O) groups is 3. The summed E-state index contributed by atoms with van der Waals surface area (Å²) < 4.78 is 5.79. The summed E-state index contributed by atoms with van der Waals surface area (Å²) >= 11 is 0. The van der Waals surface area contributed by atoms with Crippen molar-refractivity contribution in [1.82, 2.24) is 5.32 Å². The van der Waals surface area contributed by atoms with Crippen LogP contribution in [0.2, 0.25) is 0 Å². The van der Waals surface area contributed by atoms with Crippen LogP contribution < -0.4 is 15.4 Å². The molecule has 0 fully saturated rings. The number of hydrogen-bond donors (Lipinski definition) is 2. The topological polar surface area (TPSA) is 84.5 Å². The first-order valence-electron chi connectivity index (χ1n) is 8.70. The average molecular weight is 372 g/mol. The van der Waals surface area contributed by atoms with Crippen molar-refractivity contribution in [2.45, 2.75) is 6.42 Å². The van der Waals surface area contributed by atoms with Crippen molar-refractivity contribution < 1.29 is 19.1 Å². The Morgan fingerprint density at radius 3 is 2.39 bits per heavy atom. The molecule has 2 N–H and O–H groups in total. The first-order chi connectivity index (χ1) is 13.6. The van der Waals surface area contributed by atoms with Gasteiger partial charge in [-0.15, -0.1) is 0 Å². The molecule has 28 heavy (non-hydrogen) atoms.